The lowest BCUT2D eigenvalue weighted by atomic mass is 9.72. The molecule has 0 atom stereocenters. The molecule has 0 saturated heterocycles. The highest BCUT2D eigenvalue weighted by Crippen LogP contribution is 2.47. The fraction of sp³-hybridized carbons (Fsp3) is 0.519. The number of aliphatic carboxylic acids is 1. The quantitative estimate of drug-likeness (QED) is 0.405. The normalized spacial score (nSPS) is 14.3. The Kier molecular flexibility index (Phi) is 8.75. The molecule has 0 aliphatic carbocycles. The average molecular weight is 450 g/mol. The second-order valence-electron chi connectivity index (χ2n) is 8.59. The van der Waals surface area contributed by atoms with Crippen LogP contribution in [0.15, 0.2) is 29.4 Å². The molecular weight excluding hydrogens is 416 g/mol. The molecule has 32 heavy (non-hydrogen) atoms. The van der Waals surface area contributed by atoms with E-state index in [-0.39, 0.29) is 11.8 Å². The smallest absolute Gasteiger partial charge is 0.131 e. The number of thioether (sulfide) groups is 1. The molecule has 4 nitrogen and oxygen atoms in total. The third-order valence-corrected chi connectivity index (χ3v) is 7.68. The van der Waals surface area contributed by atoms with Crippen molar-refractivity contribution in [1.29, 1.82) is 0 Å². The third kappa shape index (κ3) is 5.92. The van der Waals surface area contributed by atoms with Gasteiger partial charge in [-0.2, -0.15) is 0 Å². The molecule has 0 N–H and O–H groups in total. The van der Waals surface area contributed by atoms with Crippen molar-refractivity contribution in [2.75, 3.05) is 5.75 Å². The van der Waals surface area contributed by atoms with E-state index in [1.54, 1.807) is 6.20 Å². The lowest BCUT2D eigenvalue weighted by Gasteiger charge is -2.38. The second-order valence-corrected chi connectivity index (χ2v) is 9.73. The molecule has 0 bridgehead atoms. The topological polar surface area (TPSA) is 65.9 Å². The van der Waals surface area contributed by atoms with Crippen LogP contribution in [0.3, 0.4) is 0 Å². The molecule has 2 aromatic rings. The van der Waals surface area contributed by atoms with Gasteiger partial charge in [0, 0.05) is 22.8 Å². The number of carboxylic acid groups (broad SMARTS) is 1. The van der Waals surface area contributed by atoms with Crippen LogP contribution in [0.2, 0.25) is 0 Å². The van der Waals surface area contributed by atoms with Crippen LogP contribution in [0.4, 0.5) is 0 Å². The maximum absolute atomic E-state index is 10.7. The predicted octanol–water partition coefficient (Wildman–Crippen LogP) is 4.85. The number of unbranched alkanes of at least 4 members (excludes halogenated alkanes) is 3. The van der Waals surface area contributed by atoms with Crippen LogP contribution in [0.1, 0.15) is 93.8 Å². The van der Waals surface area contributed by atoms with Gasteiger partial charge in [0.1, 0.15) is 5.69 Å². The third-order valence-electron chi connectivity index (χ3n) is 6.62. The minimum Gasteiger partial charge on any atom is -0.550 e. The number of aryl methyl sites for hydroxylation is 1. The van der Waals surface area contributed by atoms with Gasteiger partial charge in [-0.25, -0.2) is 4.98 Å². The fourth-order valence-electron chi connectivity index (χ4n) is 4.49. The number of hydrogen-bond acceptors (Lipinski definition) is 5. The summed E-state index contributed by atoms with van der Waals surface area (Å²) in [4.78, 5) is 20.6. The highest BCUT2D eigenvalue weighted by atomic mass is 32.2. The first-order chi connectivity index (χ1) is 15.5. The Labute approximate surface area is 196 Å². The number of aromatic nitrogens is 2. The van der Waals surface area contributed by atoms with Crippen LogP contribution < -0.4 is 5.11 Å². The second kappa shape index (κ2) is 11.5. The summed E-state index contributed by atoms with van der Waals surface area (Å²) in [6.45, 7) is 6.84. The van der Waals surface area contributed by atoms with Gasteiger partial charge in [0.05, 0.1) is 18.1 Å². The molecule has 1 aliphatic rings. The number of carbonyl (C=O) groups is 1. The maximum atomic E-state index is 10.7. The van der Waals surface area contributed by atoms with E-state index in [0.29, 0.717) is 11.4 Å². The average Bonchev–Trinajstić information content (AvgIpc) is 2.80. The molecule has 1 aromatic carbocycles. The van der Waals surface area contributed by atoms with Gasteiger partial charge in [-0.1, -0.05) is 46.0 Å². The molecule has 0 radical (unpaired) electrons. The van der Waals surface area contributed by atoms with E-state index in [9.17, 15) is 9.90 Å². The minimum atomic E-state index is -1.16. The molecule has 0 fully saturated rings. The summed E-state index contributed by atoms with van der Waals surface area (Å²) in [5, 5.41) is 10.7. The zero-order valence-electron chi connectivity index (χ0n) is 19.5. The number of fused-ring (bicyclic) bond motifs is 1. The van der Waals surface area contributed by atoms with Crippen molar-refractivity contribution in [3.05, 3.63) is 52.6 Å². The van der Waals surface area contributed by atoms with E-state index in [0.717, 1.165) is 24.8 Å². The van der Waals surface area contributed by atoms with Crippen LogP contribution in [0, 0.1) is 11.8 Å². The van der Waals surface area contributed by atoms with Crippen LogP contribution in [-0.4, -0.2) is 21.7 Å². The van der Waals surface area contributed by atoms with E-state index >= 15 is 0 Å². The zero-order valence-corrected chi connectivity index (χ0v) is 20.3. The van der Waals surface area contributed by atoms with Gasteiger partial charge in [0.2, 0.25) is 0 Å². The molecule has 1 aromatic heterocycles. The number of carboxylic acids is 1. The molecule has 0 unspecified atom stereocenters. The lowest BCUT2D eigenvalue weighted by Crippen LogP contribution is -2.29. The van der Waals surface area contributed by atoms with E-state index < -0.39 is 5.97 Å². The van der Waals surface area contributed by atoms with Crippen molar-refractivity contribution in [1.82, 2.24) is 9.97 Å². The van der Waals surface area contributed by atoms with Gasteiger partial charge in [0.15, 0.2) is 0 Å². The Morgan fingerprint density at radius 3 is 2.56 bits per heavy atom. The summed E-state index contributed by atoms with van der Waals surface area (Å²) in [5.41, 5.74) is 5.04. The molecule has 0 spiro atoms. The fourth-order valence-corrected chi connectivity index (χ4v) is 5.86. The molecule has 2 heterocycles. The van der Waals surface area contributed by atoms with Gasteiger partial charge >= 0.3 is 0 Å². The zero-order chi connectivity index (χ0) is 23.0. The van der Waals surface area contributed by atoms with Crippen LogP contribution in [0.5, 0.6) is 0 Å². The SMILES string of the molecule is CCCCCCc1cc2c(cc1C#Cc1cnc(CC(=O)[O-])cn1)C(CC)(CC)CCS2. The van der Waals surface area contributed by atoms with Crippen molar-refractivity contribution in [2.24, 2.45) is 0 Å². The van der Waals surface area contributed by atoms with Gasteiger partial charge < -0.3 is 9.90 Å². The van der Waals surface area contributed by atoms with Gasteiger partial charge in [0.25, 0.3) is 0 Å². The Hall–Kier alpha value is -2.32. The van der Waals surface area contributed by atoms with Crippen LogP contribution in [-0.2, 0) is 23.1 Å². The Morgan fingerprint density at radius 1 is 1.09 bits per heavy atom. The van der Waals surface area contributed by atoms with E-state index in [2.05, 4.69) is 54.7 Å². The molecule has 170 valence electrons. The summed E-state index contributed by atoms with van der Waals surface area (Å²) in [6.07, 6.45) is 12.2. The number of benzene rings is 1. The highest BCUT2D eigenvalue weighted by molar-refractivity contribution is 7.99. The molecular formula is C27H33N2O2S-. The van der Waals surface area contributed by atoms with Crippen molar-refractivity contribution >= 4 is 17.7 Å². The minimum absolute atomic E-state index is 0.235. The molecule has 5 heteroatoms. The molecule has 1 aliphatic heterocycles. The number of rotatable bonds is 9. The maximum Gasteiger partial charge on any atom is 0.131 e. The van der Waals surface area contributed by atoms with Crippen molar-refractivity contribution in [3.8, 4) is 11.8 Å². The van der Waals surface area contributed by atoms with Gasteiger partial charge in [-0.15, -0.1) is 11.8 Å². The van der Waals surface area contributed by atoms with Crippen LogP contribution in [0.25, 0.3) is 0 Å². The molecule has 0 amide bonds. The van der Waals surface area contributed by atoms with Crippen molar-refractivity contribution < 1.29 is 9.90 Å². The first kappa shape index (κ1) is 24.3. The Balaban J connectivity index is 1.95. The van der Waals surface area contributed by atoms with E-state index in [4.69, 9.17) is 0 Å². The first-order valence-corrected chi connectivity index (χ1v) is 12.8. The number of carbonyl (C=O) groups excluding carboxylic acids is 1. The molecule has 0 saturated carbocycles. The summed E-state index contributed by atoms with van der Waals surface area (Å²) in [7, 11) is 0. The van der Waals surface area contributed by atoms with Gasteiger partial charge in [-0.3, -0.25) is 4.98 Å². The highest BCUT2D eigenvalue weighted by Gasteiger charge is 2.34. The standard InChI is InChI=1S/C27H34N2O2S/c1-4-7-8-9-10-20-16-25-24(27(5-2,6-3)13-14-32-25)15-21(20)11-12-22-18-29-23(19-28-22)17-26(30)31/h15-16,18-19H,4-10,13-14,17H2,1-3H3,(H,30,31)/p-1. The predicted molar refractivity (Wildman–Crippen MR) is 129 cm³/mol. The summed E-state index contributed by atoms with van der Waals surface area (Å²) < 4.78 is 0. The molecule has 3 rings (SSSR count). The summed E-state index contributed by atoms with van der Waals surface area (Å²) in [6, 6.07) is 4.73. The largest absolute Gasteiger partial charge is 0.550 e. The first-order valence-electron chi connectivity index (χ1n) is 11.8. The number of hydrogen-bond donors (Lipinski definition) is 0. The Morgan fingerprint density at radius 2 is 1.91 bits per heavy atom. The van der Waals surface area contributed by atoms with Crippen molar-refractivity contribution in [3.63, 3.8) is 0 Å². The Bertz CT molecular complexity index is 985. The van der Waals surface area contributed by atoms with Gasteiger partial charge in [-0.05, 0) is 72.5 Å². The van der Waals surface area contributed by atoms with Crippen LogP contribution >= 0.6 is 11.8 Å². The number of nitrogens with zero attached hydrogens (tertiary/aromatic N) is 2. The van der Waals surface area contributed by atoms with E-state index in [1.165, 1.54) is 60.1 Å². The van der Waals surface area contributed by atoms with Crippen molar-refractivity contribution in [2.45, 2.75) is 88.9 Å². The van der Waals surface area contributed by atoms with E-state index in [1.807, 2.05) is 11.8 Å². The lowest BCUT2D eigenvalue weighted by molar-refractivity contribution is -0.304. The monoisotopic (exact) mass is 449 g/mol. The summed E-state index contributed by atoms with van der Waals surface area (Å²) >= 11 is 1.99. The summed E-state index contributed by atoms with van der Waals surface area (Å²) in [5.74, 6) is 6.56.